The van der Waals surface area contributed by atoms with Crippen molar-refractivity contribution < 1.29 is 13.2 Å². The fourth-order valence-corrected chi connectivity index (χ4v) is 6.04. The van der Waals surface area contributed by atoms with Gasteiger partial charge in [0.25, 0.3) is 0 Å². The maximum Gasteiger partial charge on any atom is 0.320 e. The molecule has 0 radical (unpaired) electrons. The molecule has 0 bridgehead atoms. The van der Waals surface area contributed by atoms with E-state index < -0.39 is 10.0 Å². The first-order valence-corrected chi connectivity index (χ1v) is 12.9. The minimum atomic E-state index is -3.50. The summed E-state index contributed by atoms with van der Waals surface area (Å²) in [5.74, 6) is 0.367. The molecule has 2 heterocycles. The average Bonchev–Trinajstić information content (AvgIpc) is 3.15. The quantitative estimate of drug-likeness (QED) is 0.656. The minimum absolute atomic E-state index is 0.0659. The predicted molar refractivity (Wildman–Crippen MR) is 126 cm³/mol. The fraction of sp³-hybridized carbons (Fsp3) is 0.480. The normalized spacial score (nSPS) is 18.7. The second kappa shape index (κ2) is 9.24. The number of carbonyl (C=O) groups is 1. The van der Waals surface area contributed by atoms with Gasteiger partial charge in [0.05, 0.1) is 4.90 Å². The summed E-state index contributed by atoms with van der Waals surface area (Å²) in [5.41, 5.74) is 3.47. The van der Waals surface area contributed by atoms with Gasteiger partial charge in [-0.25, -0.2) is 13.2 Å². The third kappa shape index (κ3) is 4.69. The van der Waals surface area contributed by atoms with Gasteiger partial charge in [0.1, 0.15) is 0 Å². The number of benzene rings is 2. The molecule has 172 valence electrons. The predicted octanol–water partition coefficient (Wildman–Crippen LogP) is 4.21. The van der Waals surface area contributed by atoms with Gasteiger partial charge < -0.3 is 9.80 Å². The number of urea groups is 1. The highest BCUT2D eigenvalue weighted by Crippen LogP contribution is 2.27. The van der Waals surface area contributed by atoms with Gasteiger partial charge in [0.2, 0.25) is 10.0 Å². The summed E-state index contributed by atoms with van der Waals surface area (Å²) in [7, 11) is -3.50. The van der Waals surface area contributed by atoms with E-state index in [2.05, 4.69) is 45.0 Å². The Morgan fingerprint density at radius 2 is 1.53 bits per heavy atom. The number of nitrogens with zero attached hydrogens (tertiary/aromatic N) is 3. The molecule has 0 aliphatic carbocycles. The summed E-state index contributed by atoms with van der Waals surface area (Å²) < 4.78 is 27.7. The van der Waals surface area contributed by atoms with Crippen LogP contribution in [0.3, 0.4) is 0 Å². The van der Waals surface area contributed by atoms with Crippen LogP contribution in [-0.4, -0.2) is 60.8 Å². The van der Waals surface area contributed by atoms with Gasteiger partial charge in [-0.15, -0.1) is 0 Å². The van der Waals surface area contributed by atoms with E-state index in [-0.39, 0.29) is 12.1 Å². The van der Waals surface area contributed by atoms with Gasteiger partial charge in [-0.3, -0.25) is 0 Å². The van der Waals surface area contributed by atoms with E-state index in [1.165, 1.54) is 5.56 Å². The minimum Gasteiger partial charge on any atom is -0.320 e. The Kier molecular flexibility index (Phi) is 6.58. The molecule has 0 atom stereocenters. The average molecular weight is 456 g/mol. The standard InChI is InChI=1S/C25H33N3O3S/c1-19(2)22-8-10-24(11-9-22)32(30,31)27-14-12-23(13-15-27)28-17-16-26(25(28)29)18-21-6-4-20(3)5-7-21/h4-11,19,23H,12-18H2,1-3H3. The van der Waals surface area contributed by atoms with E-state index >= 15 is 0 Å². The van der Waals surface area contributed by atoms with Crippen molar-refractivity contribution in [2.45, 2.75) is 57.0 Å². The highest BCUT2D eigenvalue weighted by atomic mass is 32.2. The Balaban J connectivity index is 1.35. The maximum absolute atomic E-state index is 13.1. The number of rotatable bonds is 6. The Morgan fingerprint density at radius 3 is 2.12 bits per heavy atom. The lowest BCUT2D eigenvalue weighted by Crippen LogP contribution is -2.47. The molecule has 6 nitrogen and oxygen atoms in total. The van der Waals surface area contributed by atoms with Gasteiger partial charge in [0.15, 0.2) is 0 Å². The van der Waals surface area contributed by atoms with Crippen LogP contribution >= 0.6 is 0 Å². The van der Waals surface area contributed by atoms with Crippen molar-refractivity contribution in [3.63, 3.8) is 0 Å². The first kappa shape index (κ1) is 22.8. The third-order valence-electron chi connectivity index (χ3n) is 6.67. The van der Waals surface area contributed by atoms with Crippen LogP contribution in [0.15, 0.2) is 53.4 Å². The molecule has 0 aromatic heterocycles. The van der Waals surface area contributed by atoms with Crippen molar-refractivity contribution in [2.75, 3.05) is 26.2 Å². The zero-order chi connectivity index (χ0) is 22.9. The molecule has 2 amide bonds. The highest BCUT2D eigenvalue weighted by Gasteiger charge is 2.37. The Hall–Kier alpha value is -2.38. The van der Waals surface area contributed by atoms with Gasteiger partial charge in [0, 0.05) is 38.8 Å². The highest BCUT2D eigenvalue weighted by molar-refractivity contribution is 7.89. The van der Waals surface area contributed by atoms with E-state index in [0.717, 1.165) is 11.1 Å². The smallest absolute Gasteiger partial charge is 0.320 e. The first-order valence-electron chi connectivity index (χ1n) is 11.5. The van der Waals surface area contributed by atoms with Crippen LogP contribution in [-0.2, 0) is 16.6 Å². The number of amides is 2. The van der Waals surface area contributed by atoms with Crippen LogP contribution in [0.1, 0.15) is 49.3 Å². The van der Waals surface area contributed by atoms with E-state index in [1.807, 2.05) is 21.9 Å². The summed E-state index contributed by atoms with van der Waals surface area (Å²) in [6.45, 7) is 9.17. The number of carbonyl (C=O) groups excluding carboxylic acids is 1. The van der Waals surface area contributed by atoms with Crippen molar-refractivity contribution in [2.24, 2.45) is 0 Å². The Morgan fingerprint density at radius 1 is 0.906 bits per heavy atom. The first-order chi connectivity index (χ1) is 15.3. The third-order valence-corrected chi connectivity index (χ3v) is 8.58. The number of aryl methyl sites for hydroxylation is 1. The molecule has 2 aromatic carbocycles. The van der Waals surface area contributed by atoms with E-state index in [9.17, 15) is 13.2 Å². The molecular formula is C25H33N3O3S. The molecule has 2 aliphatic heterocycles. The Labute approximate surface area is 191 Å². The Bertz CT molecular complexity index is 1040. The van der Waals surface area contributed by atoms with Crippen LogP contribution in [0.5, 0.6) is 0 Å². The number of hydrogen-bond donors (Lipinski definition) is 0. The van der Waals surface area contributed by atoms with Gasteiger partial charge in [-0.05, 0) is 48.9 Å². The van der Waals surface area contributed by atoms with Gasteiger partial charge >= 0.3 is 6.03 Å². The van der Waals surface area contributed by atoms with Crippen LogP contribution in [0.4, 0.5) is 4.79 Å². The lowest BCUT2D eigenvalue weighted by atomic mass is 10.0. The zero-order valence-electron chi connectivity index (χ0n) is 19.2. The second-order valence-electron chi connectivity index (χ2n) is 9.24. The van der Waals surface area contributed by atoms with Crippen molar-refractivity contribution in [1.82, 2.24) is 14.1 Å². The number of sulfonamides is 1. The largest absolute Gasteiger partial charge is 0.320 e. The van der Waals surface area contributed by atoms with E-state index in [0.29, 0.717) is 56.4 Å². The van der Waals surface area contributed by atoms with Crippen molar-refractivity contribution in [3.8, 4) is 0 Å². The zero-order valence-corrected chi connectivity index (χ0v) is 20.0. The monoisotopic (exact) mass is 455 g/mol. The van der Waals surface area contributed by atoms with Crippen molar-refractivity contribution in [1.29, 1.82) is 0 Å². The van der Waals surface area contributed by atoms with E-state index in [1.54, 1.807) is 16.4 Å². The molecule has 2 aliphatic rings. The summed E-state index contributed by atoms with van der Waals surface area (Å²) in [6, 6.07) is 15.7. The molecule has 0 spiro atoms. The number of hydrogen-bond acceptors (Lipinski definition) is 3. The summed E-state index contributed by atoms with van der Waals surface area (Å²) in [5, 5.41) is 0. The van der Waals surface area contributed by atoms with Crippen LogP contribution in [0.25, 0.3) is 0 Å². The van der Waals surface area contributed by atoms with Crippen molar-refractivity contribution >= 4 is 16.1 Å². The molecule has 2 saturated heterocycles. The van der Waals surface area contributed by atoms with Crippen LogP contribution in [0.2, 0.25) is 0 Å². The molecular weight excluding hydrogens is 422 g/mol. The second-order valence-corrected chi connectivity index (χ2v) is 11.2. The van der Waals surface area contributed by atoms with Gasteiger partial charge in [-0.1, -0.05) is 55.8 Å². The molecule has 4 rings (SSSR count). The maximum atomic E-state index is 13.1. The summed E-state index contributed by atoms with van der Waals surface area (Å²) >= 11 is 0. The van der Waals surface area contributed by atoms with Crippen molar-refractivity contribution in [3.05, 3.63) is 65.2 Å². The molecule has 2 aromatic rings. The number of piperidine rings is 1. The topological polar surface area (TPSA) is 60.9 Å². The molecule has 0 N–H and O–H groups in total. The molecule has 0 unspecified atom stereocenters. The summed E-state index contributed by atoms with van der Waals surface area (Å²) in [6.07, 6.45) is 1.35. The molecule has 32 heavy (non-hydrogen) atoms. The molecule has 7 heteroatoms. The van der Waals surface area contributed by atoms with Crippen LogP contribution in [0, 0.1) is 6.92 Å². The van der Waals surface area contributed by atoms with E-state index in [4.69, 9.17) is 0 Å². The lowest BCUT2D eigenvalue weighted by Gasteiger charge is -2.36. The van der Waals surface area contributed by atoms with Gasteiger partial charge in [-0.2, -0.15) is 4.31 Å². The van der Waals surface area contributed by atoms with Crippen LogP contribution < -0.4 is 0 Å². The summed E-state index contributed by atoms with van der Waals surface area (Å²) in [4.78, 5) is 17.2. The molecule has 0 saturated carbocycles. The lowest BCUT2D eigenvalue weighted by molar-refractivity contribution is 0.153. The SMILES string of the molecule is Cc1ccc(CN2CCN(C3CCN(S(=O)(=O)c4ccc(C(C)C)cc4)CC3)C2=O)cc1. The fourth-order valence-electron chi connectivity index (χ4n) is 4.57. The molecule has 2 fully saturated rings.